The topological polar surface area (TPSA) is 55.5 Å². The molecule has 3 aromatic rings. The second-order valence-corrected chi connectivity index (χ2v) is 5.65. The third-order valence-electron chi connectivity index (χ3n) is 3.55. The summed E-state index contributed by atoms with van der Waals surface area (Å²) in [6.45, 7) is 3.82. The summed E-state index contributed by atoms with van der Waals surface area (Å²) in [7, 11) is 0. The quantitative estimate of drug-likeness (QED) is 0.734. The normalized spacial score (nSPS) is 11.5. The van der Waals surface area contributed by atoms with Crippen molar-refractivity contribution in [3.05, 3.63) is 71.6 Å². The molecule has 25 heavy (non-hydrogen) atoms. The molecule has 1 heterocycles. The van der Waals surface area contributed by atoms with E-state index in [1.807, 2.05) is 61.5 Å². The van der Waals surface area contributed by atoms with Gasteiger partial charge < -0.3 is 14.3 Å². The number of aliphatic hydroxyl groups is 1. The lowest BCUT2D eigenvalue weighted by atomic mass is 10.2. The Morgan fingerprint density at radius 3 is 2.72 bits per heavy atom. The van der Waals surface area contributed by atoms with Crippen LogP contribution in [-0.2, 0) is 6.61 Å². The molecular weight excluding hydrogens is 314 g/mol. The number of aliphatic hydroxyl groups excluding tert-OH is 1. The van der Waals surface area contributed by atoms with Gasteiger partial charge >= 0.3 is 0 Å². The zero-order valence-corrected chi connectivity index (χ0v) is 14.2. The molecule has 0 aliphatic carbocycles. The average molecular weight is 333 g/mol. The minimum absolute atomic E-state index is 0.315. The third-order valence-corrected chi connectivity index (χ3v) is 3.55. The van der Waals surface area contributed by atoms with Crippen molar-refractivity contribution < 1.29 is 14.3 Å². The van der Waals surface area contributed by atoms with Gasteiger partial charge in [-0.05, 0) is 44.2 Å². The van der Waals surface area contributed by atoms with Gasteiger partial charge in [-0.15, -0.1) is 0 Å². The number of aromatic nitrogens is 1. The van der Waals surface area contributed by atoms with E-state index in [2.05, 4.69) is 16.8 Å². The standard InChI is InChI=1S/C21H19NO3/c1-15(23)11-12-17-7-6-10-19(13-17)24-14-20-16(2)25-21(22-20)18-8-4-3-5-9-18/h3-10,13,15,23H,14H2,1-2H3. The summed E-state index contributed by atoms with van der Waals surface area (Å²) >= 11 is 0. The number of benzene rings is 2. The van der Waals surface area contributed by atoms with Crippen LogP contribution >= 0.6 is 0 Å². The van der Waals surface area contributed by atoms with Crippen LogP contribution in [0, 0.1) is 18.8 Å². The Labute approximate surface area is 147 Å². The molecule has 1 unspecified atom stereocenters. The zero-order valence-electron chi connectivity index (χ0n) is 14.2. The molecule has 2 aromatic carbocycles. The predicted octanol–water partition coefficient (Wildman–Crippen LogP) is 3.96. The molecular formula is C21H19NO3. The monoisotopic (exact) mass is 333 g/mol. The Bertz CT molecular complexity index is 902. The van der Waals surface area contributed by atoms with E-state index in [1.54, 1.807) is 6.92 Å². The molecule has 0 bridgehead atoms. The van der Waals surface area contributed by atoms with Crippen molar-refractivity contribution >= 4 is 0 Å². The maximum Gasteiger partial charge on any atom is 0.226 e. The fourth-order valence-corrected chi connectivity index (χ4v) is 2.27. The number of aryl methyl sites for hydroxylation is 1. The van der Waals surface area contributed by atoms with Crippen molar-refractivity contribution in [3.63, 3.8) is 0 Å². The molecule has 0 fully saturated rings. The van der Waals surface area contributed by atoms with Gasteiger partial charge in [0.1, 0.15) is 29.9 Å². The number of oxazole rings is 1. The van der Waals surface area contributed by atoms with Crippen molar-refractivity contribution in [3.8, 4) is 29.0 Å². The van der Waals surface area contributed by atoms with Gasteiger partial charge in [0.2, 0.25) is 5.89 Å². The molecule has 4 heteroatoms. The van der Waals surface area contributed by atoms with E-state index in [4.69, 9.17) is 9.15 Å². The predicted molar refractivity (Wildman–Crippen MR) is 96.0 cm³/mol. The summed E-state index contributed by atoms with van der Waals surface area (Å²) in [6.07, 6.45) is -0.654. The molecule has 0 aliphatic rings. The van der Waals surface area contributed by atoms with Gasteiger partial charge in [0.05, 0.1) is 0 Å². The first-order valence-electron chi connectivity index (χ1n) is 8.06. The van der Waals surface area contributed by atoms with E-state index in [9.17, 15) is 5.11 Å². The lowest BCUT2D eigenvalue weighted by Gasteiger charge is -2.04. The minimum atomic E-state index is -0.654. The lowest BCUT2D eigenvalue weighted by molar-refractivity contribution is 0.253. The number of hydrogen-bond donors (Lipinski definition) is 1. The van der Waals surface area contributed by atoms with E-state index < -0.39 is 6.10 Å². The van der Waals surface area contributed by atoms with Gasteiger partial charge in [0, 0.05) is 11.1 Å². The Kier molecular flexibility index (Phi) is 5.17. The Morgan fingerprint density at radius 1 is 1.16 bits per heavy atom. The Hall–Kier alpha value is -3.03. The first kappa shape index (κ1) is 16.8. The highest BCUT2D eigenvalue weighted by Gasteiger charge is 2.11. The molecule has 0 saturated heterocycles. The summed E-state index contributed by atoms with van der Waals surface area (Å²) in [6, 6.07) is 17.2. The van der Waals surface area contributed by atoms with E-state index in [1.165, 1.54) is 0 Å². The number of hydrogen-bond acceptors (Lipinski definition) is 4. The molecule has 0 radical (unpaired) electrons. The fraction of sp³-hybridized carbons (Fsp3) is 0.190. The van der Waals surface area contributed by atoms with Crippen LogP contribution in [0.25, 0.3) is 11.5 Å². The van der Waals surface area contributed by atoms with Crippen LogP contribution in [0.2, 0.25) is 0 Å². The van der Waals surface area contributed by atoms with Gasteiger partial charge in [-0.2, -0.15) is 0 Å². The Morgan fingerprint density at radius 2 is 1.96 bits per heavy atom. The lowest BCUT2D eigenvalue weighted by Crippen LogP contribution is -1.98. The number of ether oxygens (including phenoxy) is 1. The van der Waals surface area contributed by atoms with Crippen LogP contribution in [-0.4, -0.2) is 16.2 Å². The second kappa shape index (κ2) is 7.69. The summed E-state index contributed by atoms with van der Waals surface area (Å²) in [5.74, 6) is 7.65. The summed E-state index contributed by atoms with van der Waals surface area (Å²) in [5, 5.41) is 9.24. The molecule has 0 spiro atoms. The molecule has 4 nitrogen and oxygen atoms in total. The van der Waals surface area contributed by atoms with E-state index in [0.717, 1.165) is 22.6 Å². The highest BCUT2D eigenvalue weighted by atomic mass is 16.5. The smallest absolute Gasteiger partial charge is 0.226 e. The third kappa shape index (κ3) is 4.50. The second-order valence-electron chi connectivity index (χ2n) is 5.65. The summed E-state index contributed by atoms with van der Waals surface area (Å²) in [5.41, 5.74) is 2.49. The molecule has 0 saturated carbocycles. The molecule has 0 amide bonds. The highest BCUT2D eigenvalue weighted by molar-refractivity contribution is 5.53. The van der Waals surface area contributed by atoms with Gasteiger partial charge in [0.15, 0.2) is 0 Å². The van der Waals surface area contributed by atoms with Crippen LogP contribution in [0.1, 0.15) is 23.9 Å². The largest absolute Gasteiger partial charge is 0.487 e. The number of nitrogens with zero attached hydrogens (tertiary/aromatic N) is 1. The van der Waals surface area contributed by atoms with Crippen molar-refractivity contribution in [1.82, 2.24) is 4.98 Å². The molecule has 1 aromatic heterocycles. The van der Waals surface area contributed by atoms with Crippen LogP contribution in [0.3, 0.4) is 0 Å². The fourth-order valence-electron chi connectivity index (χ4n) is 2.27. The van der Waals surface area contributed by atoms with Gasteiger partial charge in [-0.3, -0.25) is 0 Å². The summed E-state index contributed by atoms with van der Waals surface area (Å²) in [4.78, 5) is 4.52. The molecule has 1 atom stereocenters. The maximum atomic E-state index is 9.24. The summed E-state index contributed by atoms with van der Waals surface area (Å²) < 4.78 is 11.6. The maximum absolute atomic E-state index is 9.24. The molecule has 1 N–H and O–H groups in total. The molecule has 3 rings (SSSR count). The molecule has 126 valence electrons. The van der Waals surface area contributed by atoms with Crippen LogP contribution in [0.15, 0.2) is 59.0 Å². The van der Waals surface area contributed by atoms with Crippen LogP contribution < -0.4 is 4.74 Å². The highest BCUT2D eigenvalue weighted by Crippen LogP contribution is 2.22. The van der Waals surface area contributed by atoms with Crippen molar-refractivity contribution in [2.24, 2.45) is 0 Å². The van der Waals surface area contributed by atoms with E-state index >= 15 is 0 Å². The average Bonchev–Trinajstić information content (AvgIpc) is 3.00. The zero-order chi connectivity index (χ0) is 17.6. The van der Waals surface area contributed by atoms with Crippen molar-refractivity contribution in [2.45, 2.75) is 26.6 Å². The van der Waals surface area contributed by atoms with Crippen LogP contribution in [0.5, 0.6) is 5.75 Å². The SMILES string of the molecule is Cc1oc(-c2ccccc2)nc1COc1cccc(C#CC(C)O)c1. The number of rotatable bonds is 4. The first-order valence-corrected chi connectivity index (χ1v) is 8.06. The van der Waals surface area contributed by atoms with E-state index in [-0.39, 0.29) is 0 Å². The molecule has 0 aliphatic heterocycles. The van der Waals surface area contributed by atoms with Crippen molar-refractivity contribution in [2.75, 3.05) is 0 Å². The van der Waals surface area contributed by atoms with Crippen molar-refractivity contribution in [1.29, 1.82) is 0 Å². The minimum Gasteiger partial charge on any atom is -0.487 e. The Balaban J connectivity index is 1.71. The van der Waals surface area contributed by atoms with Gasteiger partial charge in [-0.25, -0.2) is 4.98 Å². The first-order chi connectivity index (χ1) is 12.1. The van der Waals surface area contributed by atoms with Crippen LogP contribution in [0.4, 0.5) is 0 Å². The van der Waals surface area contributed by atoms with Gasteiger partial charge in [-0.1, -0.05) is 36.1 Å². The van der Waals surface area contributed by atoms with E-state index in [0.29, 0.717) is 18.2 Å². The van der Waals surface area contributed by atoms with Gasteiger partial charge in [0.25, 0.3) is 0 Å².